The Labute approximate surface area is 269 Å². The summed E-state index contributed by atoms with van der Waals surface area (Å²) in [7, 11) is 0. The average Bonchev–Trinajstić information content (AvgIpc) is 2.87. The Morgan fingerprint density at radius 3 is 1.13 bits per heavy atom. The van der Waals surface area contributed by atoms with Crippen LogP contribution in [0.25, 0.3) is 0 Å². The van der Waals surface area contributed by atoms with Gasteiger partial charge in [-0.3, -0.25) is 19.9 Å². The summed E-state index contributed by atoms with van der Waals surface area (Å²) in [5, 5.41) is 31.4. The number of phenols is 3. The Morgan fingerprint density at radius 2 is 0.842 bits per heavy atom. The molecule has 0 saturated heterocycles. The molecule has 0 spiro atoms. The summed E-state index contributed by atoms with van der Waals surface area (Å²) in [5.41, 5.74) is 1.66. The standard InChI is InChI=1S/C27H27Cl3N4O3.Gd/c28-22-1-4-25(35)19(13-22)16-31-7-10-34(11-8-32-17-20-14-23(29)2-5-26(20)36)12-9-33-18-21-15-24(30)3-6-27(21)37;/h1-6,13-18,35-37H,7-12H2;. The van der Waals surface area contributed by atoms with Crippen LogP contribution in [0.1, 0.15) is 16.7 Å². The Kier molecular flexibility index (Phi) is 14.5. The van der Waals surface area contributed by atoms with Gasteiger partial charge in [-0.15, -0.1) is 0 Å². The molecule has 3 rings (SSSR count). The third kappa shape index (κ3) is 11.1. The summed E-state index contributed by atoms with van der Waals surface area (Å²) in [6.07, 6.45) is 4.79. The second-order valence-electron chi connectivity index (χ2n) is 8.06. The van der Waals surface area contributed by atoms with E-state index in [1.54, 1.807) is 55.0 Å². The smallest absolute Gasteiger partial charge is 0.124 e. The van der Waals surface area contributed by atoms with Crippen molar-refractivity contribution in [3.63, 3.8) is 0 Å². The minimum atomic E-state index is 0. The fourth-order valence-electron chi connectivity index (χ4n) is 3.31. The number of aliphatic imine (C=N–C) groups is 3. The zero-order valence-corrected chi connectivity index (χ0v) is 24.8. The normalized spacial score (nSPS) is 11.7. The summed E-state index contributed by atoms with van der Waals surface area (Å²) in [6.45, 7) is 3.37. The number of hydrogen-bond acceptors (Lipinski definition) is 7. The Balaban J connectivity index is 0.00000507. The first-order valence-electron chi connectivity index (χ1n) is 11.5. The van der Waals surface area contributed by atoms with Crippen LogP contribution in [-0.2, 0) is 0 Å². The first-order valence-corrected chi connectivity index (χ1v) is 12.6. The molecule has 0 aromatic heterocycles. The summed E-state index contributed by atoms with van der Waals surface area (Å²) < 4.78 is 0. The number of benzene rings is 3. The van der Waals surface area contributed by atoms with Gasteiger partial charge in [-0.25, -0.2) is 0 Å². The molecule has 202 valence electrons. The minimum absolute atomic E-state index is 0. The van der Waals surface area contributed by atoms with Crippen molar-refractivity contribution in [2.45, 2.75) is 0 Å². The molecular weight excluding hydrogens is 692 g/mol. The second-order valence-corrected chi connectivity index (χ2v) is 9.37. The predicted octanol–water partition coefficient (Wildman–Crippen LogP) is 5.72. The molecule has 0 radical (unpaired) electrons. The maximum atomic E-state index is 9.95. The number of hydrogen-bond donors (Lipinski definition) is 3. The van der Waals surface area contributed by atoms with Crippen molar-refractivity contribution in [2.75, 3.05) is 39.3 Å². The van der Waals surface area contributed by atoms with E-state index in [1.807, 2.05) is 0 Å². The predicted molar refractivity (Wildman–Crippen MR) is 153 cm³/mol. The van der Waals surface area contributed by atoms with E-state index in [9.17, 15) is 15.3 Å². The quantitative estimate of drug-likeness (QED) is 0.209. The topological polar surface area (TPSA) is 101 Å². The molecular formula is C27H27Cl3GdN4O3. The van der Waals surface area contributed by atoms with Crippen LogP contribution in [0, 0.1) is 39.9 Å². The number of phenolic OH excluding ortho intramolecular Hbond substituents is 3. The molecule has 3 N–H and O–H groups in total. The third-order valence-corrected chi connectivity index (χ3v) is 6.00. The molecule has 0 heterocycles. The summed E-state index contributed by atoms with van der Waals surface area (Å²) in [6, 6.07) is 14.4. The molecule has 0 unspecified atom stereocenters. The van der Waals surface area contributed by atoms with Gasteiger partial charge in [0.2, 0.25) is 0 Å². The molecule has 0 aliphatic carbocycles. The summed E-state index contributed by atoms with van der Waals surface area (Å²) >= 11 is 18.0. The number of nitrogens with zero attached hydrogens (tertiary/aromatic N) is 4. The molecule has 0 bridgehead atoms. The third-order valence-electron chi connectivity index (χ3n) is 5.30. The van der Waals surface area contributed by atoms with Crippen LogP contribution in [0.3, 0.4) is 0 Å². The molecule has 0 aliphatic rings. The Bertz CT molecular complexity index is 1130. The maximum absolute atomic E-state index is 9.95. The van der Waals surface area contributed by atoms with Crippen molar-refractivity contribution < 1.29 is 55.3 Å². The van der Waals surface area contributed by atoms with E-state index in [0.29, 0.717) is 71.0 Å². The van der Waals surface area contributed by atoms with E-state index >= 15 is 0 Å². The largest absolute Gasteiger partial charge is 0.507 e. The van der Waals surface area contributed by atoms with Crippen LogP contribution in [-0.4, -0.2) is 78.1 Å². The van der Waals surface area contributed by atoms with Gasteiger partial charge in [0, 0.05) is 110 Å². The molecule has 0 fully saturated rings. The number of rotatable bonds is 12. The van der Waals surface area contributed by atoms with Crippen LogP contribution < -0.4 is 0 Å². The van der Waals surface area contributed by atoms with Crippen LogP contribution in [0.4, 0.5) is 0 Å². The second kappa shape index (κ2) is 17.0. The molecule has 0 aliphatic heterocycles. The van der Waals surface area contributed by atoms with Crippen LogP contribution in [0.2, 0.25) is 15.1 Å². The zero-order chi connectivity index (χ0) is 26.6. The zero-order valence-electron chi connectivity index (χ0n) is 20.3. The van der Waals surface area contributed by atoms with Crippen molar-refractivity contribution >= 4 is 53.4 Å². The van der Waals surface area contributed by atoms with Crippen molar-refractivity contribution in [3.8, 4) is 17.2 Å². The van der Waals surface area contributed by atoms with Gasteiger partial charge in [0.25, 0.3) is 0 Å². The fourth-order valence-corrected chi connectivity index (χ4v) is 3.85. The summed E-state index contributed by atoms with van der Waals surface area (Å²) in [5.74, 6) is 0.339. The Hall–Kier alpha value is -1.78. The molecule has 7 nitrogen and oxygen atoms in total. The van der Waals surface area contributed by atoms with Gasteiger partial charge >= 0.3 is 0 Å². The molecule has 38 heavy (non-hydrogen) atoms. The molecule has 3 aromatic rings. The molecule has 3 aromatic carbocycles. The van der Waals surface area contributed by atoms with Gasteiger partial charge in [-0.05, 0) is 54.6 Å². The number of halogens is 3. The minimum Gasteiger partial charge on any atom is -0.507 e. The van der Waals surface area contributed by atoms with Crippen molar-refractivity contribution in [3.05, 3.63) is 86.4 Å². The van der Waals surface area contributed by atoms with E-state index in [2.05, 4.69) is 19.9 Å². The molecule has 0 atom stereocenters. The molecule has 11 heteroatoms. The van der Waals surface area contributed by atoms with Crippen molar-refractivity contribution in [1.29, 1.82) is 0 Å². The first kappa shape index (κ1) is 32.4. The molecule has 0 amide bonds. The Morgan fingerprint density at radius 1 is 0.553 bits per heavy atom. The SMILES string of the molecule is Oc1ccc(Cl)cc1C=NCCN(CCN=Cc1cc(Cl)ccc1O)CCN=Cc1cc(Cl)ccc1O.[Gd]. The summed E-state index contributed by atoms with van der Waals surface area (Å²) in [4.78, 5) is 15.4. The van der Waals surface area contributed by atoms with Crippen LogP contribution in [0.5, 0.6) is 17.2 Å². The van der Waals surface area contributed by atoms with E-state index in [1.165, 1.54) is 18.2 Å². The van der Waals surface area contributed by atoms with Gasteiger partial charge in [-0.2, -0.15) is 0 Å². The van der Waals surface area contributed by atoms with Crippen LogP contribution >= 0.6 is 34.8 Å². The molecule has 0 saturated carbocycles. The van der Waals surface area contributed by atoms with Gasteiger partial charge in [0.05, 0.1) is 19.6 Å². The van der Waals surface area contributed by atoms with Crippen molar-refractivity contribution in [2.24, 2.45) is 15.0 Å². The van der Waals surface area contributed by atoms with Gasteiger partial charge < -0.3 is 15.3 Å². The van der Waals surface area contributed by atoms with E-state index in [4.69, 9.17) is 34.8 Å². The van der Waals surface area contributed by atoms with Gasteiger partial charge in [0.15, 0.2) is 0 Å². The van der Waals surface area contributed by atoms with E-state index in [-0.39, 0.29) is 57.2 Å². The monoisotopic (exact) mass is 718 g/mol. The van der Waals surface area contributed by atoms with E-state index < -0.39 is 0 Å². The van der Waals surface area contributed by atoms with Crippen LogP contribution in [0.15, 0.2) is 69.6 Å². The maximum Gasteiger partial charge on any atom is 0.124 e. The number of aromatic hydroxyl groups is 3. The van der Waals surface area contributed by atoms with Gasteiger partial charge in [-0.1, -0.05) is 34.8 Å². The average molecular weight is 719 g/mol. The van der Waals surface area contributed by atoms with E-state index in [0.717, 1.165) is 0 Å². The van der Waals surface area contributed by atoms with Gasteiger partial charge in [0.1, 0.15) is 17.2 Å². The first-order chi connectivity index (χ1) is 17.8. The van der Waals surface area contributed by atoms with Crippen molar-refractivity contribution in [1.82, 2.24) is 4.90 Å². The fraction of sp³-hybridized carbons (Fsp3) is 0.222.